The highest BCUT2D eigenvalue weighted by atomic mass is 15.1. The summed E-state index contributed by atoms with van der Waals surface area (Å²) in [6.07, 6.45) is 8.76. The molecule has 0 saturated heterocycles. The molecule has 6 aromatic carbocycles. The molecule has 1 aromatic heterocycles. The average Bonchev–Trinajstić information content (AvgIpc) is 3.54. The Balaban J connectivity index is 1.29. The molecular weight excluding hydrogens is 623 g/mol. The van der Waals surface area contributed by atoms with Gasteiger partial charge in [-0.2, -0.15) is 15.8 Å². The molecule has 51 heavy (non-hydrogen) atoms. The van der Waals surface area contributed by atoms with E-state index in [0.29, 0.717) is 23.1 Å². The Morgan fingerprint density at radius 3 is 2.20 bits per heavy atom. The zero-order valence-electron chi connectivity index (χ0n) is 27.6. The Kier molecular flexibility index (Phi) is 7.82. The fourth-order valence-electron chi connectivity index (χ4n) is 7.06. The van der Waals surface area contributed by atoms with E-state index in [4.69, 9.17) is 0 Å². The van der Waals surface area contributed by atoms with Crippen LogP contribution in [-0.4, -0.2) is 4.57 Å². The van der Waals surface area contributed by atoms with Crippen molar-refractivity contribution in [3.8, 4) is 46.1 Å². The van der Waals surface area contributed by atoms with Crippen LogP contribution < -0.4 is 4.90 Å². The average molecular weight is 652 g/mol. The number of anilines is 2. The summed E-state index contributed by atoms with van der Waals surface area (Å²) in [6.45, 7) is 4.40. The summed E-state index contributed by atoms with van der Waals surface area (Å²) in [5.41, 5.74) is 12.1. The van der Waals surface area contributed by atoms with Crippen molar-refractivity contribution < 1.29 is 0 Å². The van der Waals surface area contributed by atoms with Gasteiger partial charge in [-0.3, -0.25) is 0 Å². The molecule has 8 rings (SSSR count). The van der Waals surface area contributed by atoms with Crippen LogP contribution in [0, 0.1) is 34.0 Å². The Morgan fingerprint density at radius 2 is 1.33 bits per heavy atom. The highest BCUT2D eigenvalue weighted by molar-refractivity contribution is 6.10. The van der Waals surface area contributed by atoms with Gasteiger partial charge in [0.15, 0.2) is 0 Å². The highest BCUT2D eigenvalue weighted by Crippen LogP contribution is 2.40. The van der Waals surface area contributed by atoms with E-state index in [0.717, 1.165) is 72.4 Å². The van der Waals surface area contributed by atoms with Gasteiger partial charge in [-0.15, -0.1) is 0 Å². The quantitative estimate of drug-likeness (QED) is 0.190. The largest absolute Gasteiger partial charge is 0.311 e. The van der Waals surface area contributed by atoms with Gasteiger partial charge < -0.3 is 9.47 Å². The zero-order valence-corrected chi connectivity index (χ0v) is 27.6. The molecule has 0 N–H and O–H groups in total. The molecule has 0 amide bonds. The van der Waals surface area contributed by atoms with Crippen molar-refractivity contribution in [1.29, 1.82) is 15.8 Å². The summed E-state index contributed by atoms with van der Waals surface area (Å²) in [4.78, 5) is 2.08. The number of aromatic nitrogens is 1. The maximum Gasteiger partial charge on any atom is 0.0998 e. The summed E-state index contributed by atoms with van der Waals surface area (Å²) in [5, 5.41) is 31.8. The molecule has 0 saturated carbocycles. The van der Waals surface area contributed by atoms with E-state index in [9.17, 15) is 15.8 Å². The standard InChI is InChI=1S/C46H29N5/c1-31-10-3-2-4-11-34-20-18-33(29-48)25-46(34)50(31)38-13-9-12-35(26-38)41-27-36(21-22-37(41)30-49)39-14-5-7-16-43(39)51-44-17-8-6-15-40(44)42-24-32(28-47)19-23-45(42)51/h2-10,12-27H,1,11H2/b4-2-,10-3-. The van der Waals surface area contributed by atoms with Gasteiger partial charge >= 0.3 is 0 Å². The van der Waals surface area contributed by atoms with E-state index in [2.05, 4.69) is 76.7 Å². The van der Waals surface area contributed by atoms with Crippen LogP contribution in [-0.2, 0) is 6.42 Å². The summed E-state index contributed by atoms with van der Waals surface area (Å²) in [5.74, 6) is 0. The van der Waals surface area contributed by atoms with Gasteiger partial charge in [0.05, 0.1) is 57.3 Å². The Hall–Kier alpha value is -7.39. The predicted molar refractivity (Wildman–Crippen MR) is 206 cm³/mol. The molecule has 0 atom stereocenters. The number of hydrogen-bond acceptors (Lipinski definition) is 4. The highest BCUT2D eigenvalue weighted by Gasteiger charge is 2.20. The summed E-state index contributed by atoms with van der Waals surface area (Å²) in [7, 11) is 0. The normalized spacial score (nSPS) is 13.7. The minimum Gasteiger partial charge on any atom is -0.311 e. The lowest BCUT2D eigenvalue weighted by Gasteiger charge is -2.28. The van der Waals surface area contributed by atoms with Crippen LogP contribution in [0.4, 0.5) is 11.4 Å². The molecule has 0 aliphatic carbocycles. The van der Waals surface area contributed by atoms with E-state index < -0.39 is 0 Å². The summed E-state index contributed by atoms with van der Waals surface area (Å²) < 4.78 is 2.26. The number of nitrogens with zero attached hydrogens (tertiary/aromatic N) is 5. The molecule has 0 radical (unpaired) electrons. The Bertz CT molecular complexity index is 2740. The first-order valence-corrected chi connectivity index (χ1v) is 16.6. The van der Waals surface area contributed by atoms with Crippen LogP contribution in [0.2, 0.25) is 0 Å². The molecule has 5 heteroatoms. The lowest BCUT2D eigenvalue weighted by Crippen LogP contribution is -2.16. The van der Waals surface area contributed by atoms with Crippen LogP contribution in [0.25, 0.3) is 49.7 Å². The van der Waals surface area contributed by atoms with Crippen LogP contribution in [0.3, 0.4) is 0 Å². The molecule has 0 bridgehead atoms. The molecule has 0 spiro atoms. The lowest BCUT2D eigenvalue weighted by molar-refractivity contribution is 1.16. The molecular formula is C46H29N5. The van der Waals surface area contributed by atoms with Gasteiger partial charge in [0.1, 0.15) is 0 Å². The molecule has 0 unspecified atom stereocenters. The van der Waals surface area contributed by atoms with Gasteiger partial charge in [0.2, 0.25) is 0 Å². The zero-order chi connectivity index (χ0) is 34.9. The first-order chi connectivity index (χ1) is 25.1. The number of hydrogen-bond donors (Lipinski definition) is 0. The Labute approximate surface area is 296 Å². The number of benzene rings is 6. The van der Waals surface area contributed by atoms with Crippen LogP contribution in [0.1, 0.15) is 22.3 Å². The van der Waals surface area contributed by atoms with E-state index >= 15 is 0 Å². The van der Waals surface area contributed by atoms with Crippen LogP contribution in [0.5, 0.6) is 0 Å². The molecule has 5 nitrogen and oxygen atoms in total. The second-order valence-electron chi connectivity index (χ2n) is 12.4. The summed E-state index contributed by atoms with van der Waals surface area (Å²) >= 11 is 0. The van der Waals surface area contributed by atoms with Crippen molar-refractivity contribution in [1.82, 2.24) is 4.57 Å². The monoisotopic (exact) mass is 651 g/mol. The van der Waals surface area contributed by atoms with Crippen LogP contribution in [0.15, 0.2) is 164 Å². The van der Waals surface area contributed by atoms with Crippen molar-refractivity contribution in [3.63, 3.8) is 0 Å². The van der Waals surface area contributed by atoms with Gasteiger partial charge in [-0.1, -0.05) is 85.5 Å². The SMILES string of the molecule is C=C1/C=C\C=C/Cc2ccc(C#N)cc2N1c1cccc(-c2cc(-c3ccccc3-n3c4ccccc4c4cc(C#N)ccc43)ccc2C#N)c1. The maximum absolute atomic E-state index is 10.3. The smallest absolute Gasteiger partial charge is 0.0998 e. The van der Waals surface area contributed by atoms with Crippen LogP contribution >= 0.6 is 0 Å². The first-order valence-electron chi connectivity index (χ1n) is 16.6. The molecule has 1 aliphatic heterocycles. The number of fused-ring (bicyclic) bond motifs is 4. The van der Waals surface area contributed by atoms with Crippen molar-refractivity contribution in [2.24, 2.45) is 0 Å². The van der Waals surface area contributed by atoms with E-state index in [1.54, 1.807) is 0 Å². The molecule has 238 valence electrons. The van der Waals surface area contributed by atoms with Crippen molar-refractivity contribution in [3.05, 3.63) is 186 Å². The maximum atomic E-state index is 10.3. The Morgan fingerprint density at radius 1 is 0.569 bits per heavy atom. The van der Waals surface area contributed by atoms with Gasteiger partial charge in [-0.05, 0) is 95.9 Å². The first kappa shape index (κ1) is 30.9. The number of rotatable bonds is 4. The topological polar surface area (TPSA) is 79.5 Å². The lowest BCUT2D eigenvalue weighted by atomic mass is 9.93. The van der Waals surface area contributed by atoms with E-state index in [1.807, 2.05) is 109 Å². The third-order valence-corrected chi connectivity index (χ3v) is 9.43. The fourth-order valence-corrected chi connectivity index (χ4v) is 7.06. The molecule has 1 aliphatic rings. The predicted octanol–water partition coefficient (Wildman–Crippen LogP) is 11.1. The van der Waals surface area contributed by atoms with Crippen molar-refractivity contribution in [2.45, 2.75) is 6.42 Å². The number of allylic oxidation sites excluding steroid dienone is 4. The molecule has 2 heterocycles. The molecule has 7 aromatic rings. The van der Waals surface area contributed by atoms with Gasteiger partial charge in [0, 0.05) is 33.3 Å². The van der Waals surface area contributed by atoms with E-state index in [1.165, 1.54) is 0 Å². The van der Waals surface area contributed by atoms with Gasteiger partial charge in [0.25, 0.3) is 0 Å². The minimum absolute atomic E-state index is 0.564. The second kappa shape index (κ2) is 12.9. The minimum atomic E-state index is 0.564. The van der Waals surface area contributed by atoms with E-state index in [-0.39, 0.29) is 0 Å². The molecule has 0 fully saturated rings. The summed E-state index contributed by atoms with van der Waals surface area (Å²) in [6, 6.07) is 49.3. The number of para-hydroxylation sites is 2. The third-order valence-electron chi connectivity index (χ3n) is 9.43. The third kappa shape index (κ3) is 5.44. The number of nitriles is 3. The van der Waals surface area contributed by atoms with Crippen molar-refractivity contribution in [2.75, 3.05) is 4.90 Å². The van der Waals surface area contributed by atoms with Crippen molar-refractivity contribution >= 4 is 33.2 Å². The fraction of sp³-hybridized carbons (Fsp3) is 0.0217. The second-order valence-corrected chi connectivity index (χ2v) is 12.4. The van der Waals surface area contributed by atoms with Gasteiger partial charge in [-0.25, -0.2) is 0 Å².